The summed E-state index contributed by atoms with van der Waals surface area (Å²) in [7, 11) is 0. The van der Waals surface area contributed by atoms with Gasteiger partial charge in [-0.15, -0.1) is 0 Å². The molecule has 12 rings (SSSR count). The molecule has 0 fully saturated rings. The van der Waals surface area contributed by atoms with Crippen molar-refractivity contribution in [1.29, 1.82) is 0 Å². The first-order valence-electron chi connectivity index (χ1n) is 27.0. The Balaban J connectivity index is 1.04. The van der Waals surface area contributed by atoms with E-state index in [2.05, 4.69) is 187 Å². The van der Waals surface area contributed by atoms with Crippen LogP contribution in [-0.4, -0.2) is 28.7 Å². The van der Waals surface area contributed by atoms with Crippen LogP contribution in [-0.2, 0) is 13.1 Å². The predicted octanol–water partition coefficient (Wildman–Crippen LogP) is 18.3. The van der Waals surface area contributed by atoms with Crippen LogP contribution in [0.25, 0.3) is 116 Å². The van der Waals surface area contributed by atoms with Crippen molar-refractivity contribution in [3.8, 4) is 51.0 Å². The number of nitrogens with zero attached hydrogens (tertiary/aromatic N) is 6. The Hall–Kier alpha value is -7.83. The summed E-state index contributed by atoms with van der Waals surface area (Å²) < 4.78 is 7.42. The van der Waals surface area contributed by atoms with Gasteiger partial charge in [0.2, 0.25) is 5.95 Å². The van der Waals surface area contributed by atoms with Crippen LogP contribution in [0.2, 0.25) is 0 Å². The minimum absolute atomic E-state index is 0.588. The summed E-state index contributed by atoms with van der Waals surface area (Å²) in [6, 6.07) is 66.6. The van der Waals surface area contributed by atoms with Crippen LogP contribution in [0.3, 0.4) is 0 Å². The van der Waals surface area contributed by atoms with Crippen LogP contribution in [0.4, 0.5) is 0 Å². The number of rotatable bonds is 17. The molecular formula is C67H64N6. The molecule has 4 heterocycles. The van der Waals surface area contributed by atoms with Crippen LogP contribution in [0, 0.1) is 11.8 Å². The van der Waals surface area contributed by atoms with Crippen molar-refractivity contribution in [1.82, 2.24) is 28.7 Å². The van der Waals surface area contributed by atoms with Gasteiger partial charge in [-0.25, -0.2) is 4.98 Å². The van der Waals surface area contributed by atoms with Crippen molar-refractivity contribution >= 4 is 65.4 Å². The maximum atomic E-state index is 5.29. The van der Waals surface area contributed by atoms with E-state index in [1.807, 2.05) is 36.4 Å². The molecule has 2 atom stereocenters. The van der Waals surface area contributed by atoms with Crippen molar-refractivity contribution in [2.24, 2.45) is 11.8 Å². The number of hydrogen-bond acceptors (Lipinski definition) is 3. The summed E-state index contributed by atoms with van der Waals surface area (Å²) in [5, 5.41) is 7.53. The van der Waals surface area contributed by atoms with Crippen LogP contribution in [0.15, 0.2) is 182 Å². The molecule has 2 unspecified atom stereocenters. The van der Waals surface area contributed by atoms with Crippen molar-refractivity contribution in [3.05, 3.63) is 182 Å². The molecule has 0 aliphatic carbocycles. The summed E-state index contributed by atoms with van der Waals surface area (Å²) in [6.45, 7) is 11.4. The van der Waals surface area contributed by atoms with Crippen molar-refractivity contribution < 1.29 is 0 Å². The van der Waals surface area contributed by atoms with Gasteiger partial charge in [-0.05, 0) is 108 Å². The van der Waals surface area contributed by atoms with E-state index in [0.29, 0.717) is 29.4 Å². The zero-order valence-electron chi connectivity index (χ0n) is 42.7. The van der Waals surface area contributed by atoms with Gasteiger partial charge in [0.1, 0.15) is 0 Å². The molecular weight excluding hydrogens is 889 g/mol. The quantitative estimate of drug-likeness (QED) is 0.0914. The van der Waals surface area contributed by atoms with Gasteiger partial charge in [0.05, 0.1) is 11.0 Å². The zero-order chi connectivity index (χ0) is 49.4. The summed E-state index contributed by atoms with van der Waals surface area (Å²) in [4.78, 5) is 15.6. The summed E-state index contributed by atoms with van der Waals surface area (Å²) >= 11 is 0. The molecule has 8 aromatic carbocycles. The van der Waals surface area contributed by atoms with Crippen LogP contribution >= 0.6 is 0 Å². The van der Waals surface area contributed by atoms with Gasteiger partial charge in [-0.3, -0.25) is 4.57 Å². The van der Waals surface area contributed by atoms with Crippen LogP contribution in [0.5, 0.6) is 0 Å². The maximum absolute atomic E-state index is 5.29. The molecule has 0 N–H and O–H groups in total. The highest BCUT2D eigenvalue weighted by atomic mass is 15.2. The minimum atomic E-state index is 0.588. The van der Waals surface area contributed by atoms with Gasteiger partial charge in [0.15, 0.2) is 11.6 Å². The van der Waals surface area contributed by atoms with Gasteiger partial charge in [0, 0.05) is 78.6 Å². The third kappa shape index (κ3) is 8.57. The molecule has 0 aliphatic heterocycles. The third-order valence-corrected chi connectivity index (χ3v) is 15.8. The SMILES string of the molecule is CCCCC(CC)Cn1c2ccccc2c2cc(-c3ccc4c(c3)c3cc(-c5ccc6c(c5)c5ccccc5n6CC(CC)CCCC)ccc3n4-c3nc(-c4ccccc4)nc(-c4ccccc4)n3)ccc21. The molecule has 362 valence electrons. The van der Waals surface area contributed by atoms with Gasteiger partial charge in [-0.2, -0.15) is 9.97 Å². The first kappa shape index (κ1) is 46.3. The molecule has 0 radical (unpaired) electrons. The first-order valence-corrected chi connectivity index (χ1v) is 27.0. The normalized spacial score (nSPS) is 12.8. The number of aromatic nitrogens is 6. The Morgan fingerprint density at radius 1 is 0.342 bits per heavy atom. The fraction of sp³-hybridized carbons (Fsp3) is 0.239. The van der Waals surface area contributed by atoms with E-state index in [0.717, 1.165) is 46.0 Å². The Morgan fingerprint density at radius 2 is 0.699 bits per heavy atom. The number of para-hydroxylation sites is 2. The first-order chi connectivity index (χ1) is 36.0. The molecule has 73 heavy (non-hydrogen) atoms. The second-order valence-electron chi connectivity index (χ2n) is 20.4. The third-order valence-electron chi connectivity index (χ3n) is 15.8. The van der Waals surface area contributed by atoms with E-state index in [4.69, 9.17) is 15.0 Å². The van der Waals surface area contributed by atoms with E-state index in [1.165, 1.54) is 117 Å². The fourth-order valence-electron chi connectivity index (χ4n) is 11.7. The average Bonchev–Trinajstić information content (AvgIpc) is 4.07. The lowest BCUT2D eigenvalue weighted by atomic mass is 9.98. The molecule has 0 spiro atoms. The Labute approximate surface area is 429 Å². The highest BCUT2D eigenvalue weighted by Crippen LogP contribution is 2.41. The minimum Gasteiger partial charge on any atom is -0.340 e. The predicted molar refractivity (Wildman–Crippen MR) is 309 cm³/mol. The standard InChI is InChI=1S/C67H64N6/c1-5-9-21-45(7-3)43-71-59-29-19-17-27-53(59)55-39-49(31-35-61(55)71)51-33-37-63-57(41-51)58-42-52(50-32-36-62-56(40-50)54-28-18-20-30-60(54)72(62)44-46(8-4)22-10-6-2)34-38-64(58)73(63)67-69-65(47-23-13-11-14-24-47)68-66(70-67)48-25-15-12-16-26-48/h11-20,23-42,45-46H,5-10,21-22,43-44H2,1-4H3. The van der Waals surface area contributed by atoms with E-state index in [9.17, 15) is 0 Å². The van der Waals surface area contributed by atoms with Crippen LogP contribution < -0.4 is 0 Å². The maximum Gasteiger partial charge on any atom is 0.238 e. The molecule has 0 amide bonds. The van der Waals surface area contributed by atoms with Crippen molar-refractivity contribution in [3.63, 3.8) is 0 Å². The lowest BCUT2D eigenvalue weighted by Gasteiger charge is -2.17. The van der Waals surface area contributed by atoms with E-state index in [-0.39, 0.29) is 0 Å². The van der Waals surface area contributed by atoms with Gasteiger partial charge >= 0.3 is 0 Å². The number of hydrogen-bond donors (Lipinski definition) is 0. The number of benzene rings is 8. The second-order valence-corrected chi connectivity index (χ2v) is 20.4. The monoisotopic (exact) mass is 953 g/mol. The summed E-state index contributed by atoms with van der Waals surface area (Å²) in [6.07, 6.45) is 9.91. The molecule has 6 nitrogen and oxygen atoms in total. The zero-order valence-corrected chi connectivity index (χ0v) is 42.7. The fourth-order valence-corrected chi connectivity index (χ4v) is 11.7. The van der Waals surface area contributed by atoms with E-state index >= 15 is 0 Å². The molecule has 6 heteroatoms. The van der Waals surface area contributed by atoms with Gasteiger partial charge in [-0.1, -0.05) is 188 Å². The lowest BCUT2D eigenvalue weighted by molar-refractivity contribution is 0.401. The average molecular weight is 953 g/mol. The van der Waals surface area contributed by atoms with Crippen molar-refractivity contribution in [2.45, 2.75) is 92.2 Å². The van der Waals surface area contributed by atoms with Crippen molar-refractivity contribution in [2.75, 3.05) is 0 Å². The highest BCUT2D eigenvalue weighted by molar-refractivity contribution is 6.14. The molecule has 0 aliphatic rings. The molecule has 4 aromatic heterocycles. The van der Waals surface area contributed by atoms with E-state index < -0.39 is 0 Å². The second kappa shape index (κ2) is 20.0. The summed E-state index contributed by atoms with van der Waals surface area (Å²) in [5.41, 5.74) is 14.0. The molecule has 0 saturated heterocycles. The number of fused-ring (bicyclic) bond motifs is 9. The Morgan fingerprint density at radius 3 is 1.10 bits per heavy atom. The largest absolute Gasteiger partial charge is 0.340 e. The van der Waals surface area contributed by atoms with Gasteiger partial charge in [0.25, 0.3) is 0 Å². The smallest absolute Gasteiger partial charge is 0.238 e. The molecule has 0 bridgehead atoms. The lowest BCUT2D eigenvalue weighted by Crippen LogP contribution is -2.10. The van der Waals surface area contributed by atoms with Crippen LogP contribution in [0.1, 0.15) is 79.1 Å². The van der Waals surface area contributed by atoms with Gasteiger partial charge < -0.3 is 9.13 Å². The topological polar surface area (TPSA) is 53.5 Å². The van der Waals surface area contributed by atoms with E-state index in [1.54, 1.807) is 0 Å². The Kier molecular flexibility index (Phi) is 12.7. The molecule has 0 saturated carbocycles. The Bertz CT molecular complexity index is 3680. The highest BCUT2D eigenvalue weighted by Gasteiger charge is 2.22. The summed E-state index contributed by atoms with van der Waals surface area (Å²) in [5.74, 6) is 3.16. The number of unbranched alkanes of at least 4 members (excludes halogenated alkanes) is 2. The molecule has 12 aromatic rings.